The zero-order valence-electron chi connectivity index (χ0n) is 35.8. The van der Waals surface area contributed by atoms with E-state index >= 15 is 0 Å². The van der Waals surface area contributed by atoms with Crippen LogP contribution in [0, 0.1) is 0 Å². The molecule has 0 aliphatic carbocycles. The van der Waals surface area contributed by atoms with Crippen LogP contribution in [-0.4, -0.2) is 43.7 Å². The predicted molar refractivity (Wildman–Crippen MR) is 258 cm³/mol. The van der Waals surface area contributed by atoms with Gasteiger partial charge in [-0.3, -0.25) is 4.98 Å². The summed E-state index contributed by atoms with van der Waals surface area (Å²) in [6.45, 7) is 7.23. The van der Waals surface area contributed by atoms with Gasteiger partial charge in [0.25, 0.3) is 0 Å². The number of aliphatic hydroxyl groups is 1. The fraction of sp³-hybridized carbons (Fsp3) is 0.107. The number of nitrogens with zero attached hydrogens (tertiary/aromatic N) is 4. The number of benzene rings is 7. The van der Waals surface area contributed by atoms with Gasteiger partial charge in [0.1, 0.15) is 0 Å². The Labute approximate surface area is 370 Å². The molecule has 6 nitrogen and oxygen atoms in total. The zero-order chi connectivity index (χ0) is 43.4. The van der Waals surface area contributed by atoms with Crippen LogP contribution in [0.1, 0.15) is 27.7 Å². The molecule has 2 aromatic heterocycles. The molecule has 1 radical (unpaired) electrons. The van der Waals surface area contributed by atoms with Crippen LogP contribution in [0.3, 0.4) is 0 Å². The number of hydrogen-bond acceptors (Lipinski definition) is 6. The van der Waals surface area contributed by atoms with Crippen molar-refractivity contribution < 1.29 is 9.76 Å². The fourth-order valence-electron chi connectivity index (χ4n) is 7.25. The largest absolute Gasteiger partial charge is 0.427 e. The molecule has 63 heavy (non-hydrogen) atoms. The maximum Gasteiger partial charge on any atom is 0.330 e. The van der Waals surface area contributed by atoms with E-state index in [0.717, 1.165) is 77.9 Å². The van der Waals surface area contributed by atoms with Crippen molar-refractivity contribution in [3.8, 4) is 89.9 Å². The second-order valence-electron chi connectivity index (χ2n) is 16.7. The molecule has 9 rings (SSSR count). The molecule has 305 valence electrons. The Morgan fingerprint density at radius 2 is 0.730 bits per heavy atom. The maximum atomic E-state index is 10.5. The third-order valence-electron chi connectivity index (χ3n) is 11.6. The Bertz CT molecular complexity index is 2710. The topological polar surface area (TPSA) is 81.0 Å². The summed E-state index contributed by atoms with van der Waals surface area (Å²) < 4.78 is 5.98. The van der Waals surface area contributed by atoms with Crippen molar-refractivity contribution in [2.75, 3.05) is 0 Å². The predicted octanol–water partition coefficient (Wildman–Crippen LogP) is 12.4. The molecule has 0 saturated carbocycles. The number of pyridine rings is 1. The van der Waals surface area contributed by atoms with Crippen LogP contribution in [0.2, 0.25) is 0 Å². The van der Waals surface area contributed by atoms with Crippen LogP contribution in [0.4, 0.5) is 0 Å². The molecule has 9 aromatic rings. The lowest BCUT2D eigenvalue weighted by Crippen LogP contribution is -2.49. The van der Waals surface area contributed by atoms with E-state index in [-0.39, 0.29) is 0 Å². The zero-order valence-corrected chi connectivity index (χ0v) is 35.8. The monoisotopic (exact) mass is 817 g/mol. The van der Waals surface area contributed by atoms with E-state index in [2.05, 4.69) is 133 Å². The highest BCUT2D eigenvalue weighted by molar-refractivity contribution is 6.47. The lowest BCUT2D eigenvalue weighted by molar-refractivity contribution is -0.0893. The van der Waals surface area contributed by atoms with E-state index in [1.807, 2.05) is 80.7 Å². The van der Waals surface area contributed by atoms with Crippen LogP contribution in [-0.2, 0) is 4.65 Å². The maximum absolute atomic E-state index is 10.5. The molecule has 2 heterocycles. The normalized spacial score (nSPS) is 11.6. The van der Waals surface area contributed by atoms with E-state index in [9.17, 15) is 5.11 Å². The molecule has 0 fully saturated rings. The summed E-state index contributed by atoms with van der Waals surface area (Å²) in [7, 11) is 1.69. The van der Waals surface area contributed by atoms with Crippen molar-refractivity contribution in [2.24, 2.45) is 0 Å². The van der Waals surface area contributed by atoms with Crippen molar-refractivity contribution in [3.63, 3.8) is 0 Å². The van der Waals surface area contributed by atoms with Gasteiger partial charge in [-0.05, 0) is 121 Å². The summed E-state index contributed by atoms with van der Waals surface area (Å²) in [6.07, 6.45) is 1.83. The van der Waals surface area contributed by atoms with Crippen LogP contribution in [0.5, 0.6) is 0 Å². The molecule has 0 unspecified atom stereocenters. The van der Waals surface area contributed by atoms with Gasteiger partial charge in [0.05, 0.1) is 16.9 Å². The van der Waals surface area contributed by atoms with E-state index in [1.54, 1.807) is 21.3 Å². The van der Waals surface area contributed by atoms with E-state index in [1.165, 1.54) is 0 Å². The summed E-state index contributed by atoms with van der Waals surface area (Å²) in [6, 6.07) is 66.8. The van der Waals surface area contributed by atoms with E-state index < -0.39 is 11.2 Å². The van der Waals surface area contributed by atoms with Crippen LogP contribution >= 0.6 is 0 Å². The quantitative estimate of drug-likeness (QED) is 0.124. The first-order valence-corrected chi connectivity index (χ1v) is 21.2. The van der Waals surface area contributed by atoms with Crippen molar-refractivity contribution in [3.05, 3.63) is 200 Å². The van der Waals surface area contributed by atoms with Gasteiger partial charge < -0.3 is 9.76 Å². The summed E-state index contributed by atoms with van der Waals surface area (Å²) in [4.78, 5) is 20.6. The highest BCUT2D eigenvalue weighted by Gasteiger charge is 2.35. The SMILES string of the molecule is CC(C)(O)C(C)(C)O[B]c1ccc(-c2ccc(-c3nc(-c4cc(-c5ccccc5)cc(-c5ccccc5)c4)nc(-c4cc(-c5ccccc5)cc(-c5ccccc5)c4)n3)cn2)cc1. The molecular formula is C56H46BN4O2. The Morgan fingerprint density at radius 1 is 0.381 bits per heavy atom. The smallest absolute Gasteiger partial charge is 0.330 e. The fourth-order valence-corrected chi connectivity index (χ4v) is 7.25. The molecule has 0 spiro atoms. The molecular weight excluding hydrogens is 771 g/mol. The Kier molecular flexibility index (Phi) is 11.5. The molecule has 0 bridgehead atoms. The highest BCUT2D eigenvalue weighted by atomic mass is 16.5. The van der Waals surface area contributed by atoms with Gasteiger partial charge in [-0.2, -0.15) is 0 Å². The molecule has 0 amide bonds. The van der Waals surface area contributed by atoms with Gasteiger partial charge in [0.15, 0.2) is 17.5 Å². The summed E-state index contributed by atoms with van der Waals surface area (Å²) in [5, 5.41) is 10.5. The second-order valence-corrected chi connectivity index (χ2v) is 16.7. The van der Waals surface area contributed by atoms with Crippen LogP contribution in [0.25, 0.3) is 89.9 Å². The average Bonchev–Trinajstić information content (AvgIpc) is 3.34. The van der Waals surface area contributed by atoms with E-state index in [4.69, 9.17) is 24.6 Å². The number of hydrogen-bond donors (Lipinski definition) is 1. The molecule has 7 heteroatoms. The van der Waals surface area contributed by atoms with Crippen LogP contribution in [0.15, 0.2) is 200 Å². The minimum Gasteiger partial charge on any atom is -0.427 e. The third kappa shape index (κ3) is 9.31. The molecule has 0 aliphatic heterocycles. The highest BCUT2D eigenvalue weighted by Crippen LogP contribution is 2.36. The lowest BCUT2D eigenvalue weighted by Gasteiger charge is -2.37. The van der Waals surface area contributed by atoms with Crippen molar-refractivity contribution in [1.29, 1.82) is 0 Å². The third-order valence-corrected chi connectivity index (χ3v) is 11.6. The summed E-state index contributed by atoms with van der Waals surface area (Å²) in [5.41, 5.74) is 12.1. The minimum absolute atomic E-state index is 0.517. The Hall–Kier alpha value is -7.32. The standard InChI is InChI=1S/C56H46BN4O2/c1-55(2,62)56(3,4)63-57-50-28-25-42(26-29-50)51-30-27-43(37-58-51)52-59-53(48-33-44(38-17-9-5-10-18-38)31-45(34-48)39-19-11-6-12-20-39)61-54(60-52)49-35-46(40-21-13-7-14-22-40)32-47(36-49)41-23-15-8-16-24-41/h5-37,62H,1-4H3. The Balaban J connectivity index is 1.16. The van der Waals surface area contributed by atoms with Gasteiger partial charge in [0.2, 0.25) is 0 Å². The molecule has 1 N–H and O–H groups in total. The van der Waals surface area contributed by atoms with Crippen molar-refractivity contribution in [2.45, 2.75) is 38.9 Å². The van der Waals surface area contributed by atoms with Gasteiger partial charge in [-0.25, -0.2) is 15.0 Å². The lowest BCUT2D eigenvalue weighted by atomic mass is 9.82. The minimum atomic E-state index is -1.01. The van der Waals surface area contributed by atoms with Crippen molar-refractivity contribution in [1.82, 2.24) is 19.9 Å². The first-order valence-electron chi connectivity index (χ1n) is 21.2. The average molecular weight is 818 g/mol. The first-order chi connectivity index (χ1) is 30.6. The molecule has 0 aliphatic rings. The molecule has 0 saturated heterocycles. The summed E-state index contributed by atoms with van der Waals surface area (Å²) >= 11 is 0. The van der Waals surface area contributed by atoms with Gasteiger partial charge in [-0.1, -0.05) is 151 Å². The number of aromatic nitrogens is 4. The Morgan fingerprint density at radius 3 is 1.08 bits per heavy atom. The van der Waals surface area contributed by atoms with Crippen molar-refractivity contribution >= 4 is 12.9 Å². The van der Waals surface area contributed by atoms with Gasteiger partial charge in [-0.15, -0.1) is 0 Å². The van der Waals surface area contributed by atoms with Gasteiger partial charge >= 0.3 is 7.48 Å². The first kappa shape index (κ1) is 41.1. The molecule has 7 aromatic carbocycles. The molecule has 0 atom stereocenters. The van der Waals surface area contributed by atoms with Gasteiger partial charge in [0, 0.05) is 28.5 Å². The van der Waals surface area contributed by atoms with E-state index in [0.29, 0.717) is 17.5 Å². The summed E-state index contributed by atoms with van der Waals surface area (Å²) in [5.74, 6) is 1.63. The van der Waals surface area contributed by atoms with Crippen LogP contribution < -0.4 is 5.46 Å². The second kappa shape index (κ2) is 17.6. The number of rotatable bonds is 12.